The summed E-state index contributed by atoms with van der Waals surface area (Å²) in [4.78, 5) is 13.5. The molecule has 2 aliphatic rings. The van der Waals surface area contributed by atoms with E-state index in [4.69, 9.17) is 4.74 Å². The Hall–Kier alpha value is -0.620. The summed E-state index contributed by atoms with van der Waals surface area (Å²) >= 11 is 0. The van der Waals surface area contributed by atoms with Gasteiger partial charge in [-0.3, -0.25) is 4.79 Å². The number of amides is 1. The Bertz CT molecular complexity index is 440. The molecule has 0 saturated carbocycles. The Labute approximate surface area is 115 Å². The van der Waals surface area contributed by atoms with E-state index in [-0.39, 0.29) is 17.6 Å². The van der Waals surface area contributed by atoms with Crippen molar-refractivity contribution in [2.45, 2.75) is 37.9 Å². The molecule has 2 heterocycles. The van der Waals surface area contributed by atoms with E-state index in [0.717, 1.165) is 6.42 Å². The molecule has 0 aromatic carbocycles. The van der Waals surface area contributed by atoms with E-state index in [1.54, 1.807) is 4.90 Å². The molecule has 19 heavy (non-hydrogen) atoms. The van der Waals surface area contributed by atoms with Gasteiger partial charge in [-0.2, -0.15) is 0 Å². The molecule has 0 aromatic heterocycles. The van der Waals surface area contributed by atoms with Crippen LogP contribution in [0, 0.1) is 5.92 Å². The summed E-state index contributed by atoms with van der Waals surface area (Å²) in [5, 5.41) is 0. The summed E-state index contributed by atoms with van der Waals surface area (Å²) in [5.41, 5.74) is 0. The minimum absolute atomic E-state index is 0.0446. The maximum absolute atomic E-state index is 12.3. The molecule has 2 fully saturated rings. The minimum atomic E-state index is -3.08. The molecule has 1 spiro atoms. The van der Waals surface area contributed by atoms with Crippen molar-refractivity contribution in [1.82, 2.24) is 4.90 Å². The maximum atomic E-state index is 12.3. The van der Waals surface area contributed by atoms with Crippen LogP contribution in [0.15, 0.2) is 0 Å². The first kappa shape index (κ1) is 14.8. The molecule has 0 unspecified atom stereocenters. The monoisotopic (exact) mass is 289 g/mol. The Morgan fingerprint density at radius 2 is 2.05 bits per heavy atom. The van der Waals surface area contributed by atoms with Gasteiger partial charge >= 0.3 is 0 Å². The van der Waals surface area contributed by atoms with Gasteiger partial charge < -0.3 is 9.64 Å². The summed E-state index contributed by atoms with van der Waals surface area (Å²) in [7, 11) is -3.08. The van der Waals surface area contributed by atoms with E-state index in [9.17, 15) is 13.2 Å². The van der Waals surface area contributed by atoms with Crippen LogP contribution >= 0.6 is 0 Å². The van der Waals surface area contributed by atoms with E-state index in [0.29, 0.717) is 39.1 Å². The third-order valence-electron chi connectivity index (χ3n) is 4.36. The summed E-state index contributed by atoms with van der Waals surface area (Å²) in [6, 6.07) is 0. The van der Waals surface area contributed by atoms with E-state index in [2.05, 4.69) is 0 Å². The molecular weight excluding hydrogens is 266 g/mol. The number of likely N-dealkylation sites (tertiary alicyclic amines) is 1. The van der Waals surface area contributed by atoms with Gasteiger partial charge in [0.1, 0.15) is 4.75 Å². The highest BCUT2D eigenvalue weighted by Gasteiger charge is 2.62. The van der Waals surface area contributed by atoms with Crippen LogP contribution in [0.25, 0.3) is 0 Å². The maximum Gasteiger partial charge on any atom is 0.222 e. The van der Waals surface area contributed by atoms with Crippen LogP contribution in [-0.4, -0.2) is 56.0 Å². The van der Waals surface area contributed by atoms with Crippen molar-refractivity contribution in [3.63, 3.8) is 0 Å². The number of ether oxygens (including phenoxy) is 1. The average Bonchev–Trinajstić information content (AvgIpc) is 2.56. The highest BCUT2D eigenvalue weighted by molar-refractivity contribution is 7.93. The lowest BCUT2D eigenvalue weighted by Crippen LogP contribution is -2.68. The van der Waals surface area contributed by atoms with Gasteiger partial charge in [0.15, 0.2) is 9.84 Å². The molecule has 0 bridgehead atoms. The molecule has 2 saturated heterocycles. The van der Waals surface area contributed by atoms with Crippen molar-refractivity contribution < 1.29 is 17.9 Å². The molecule has 110 valence electrons. The van der Waals surface area contributed by atoms with Crippen molar-refractivity contribution in [1.29, 1.82) is 0 Å². The van der Waals surface area contributed by atoms with Crippen LogP contribution in [0.2, 0.25) is 0 Å². The second kappa shape index (κ2) is 5.40. The molecule has 0 aliphatic carbocycles. The zero-order valence-electron chi connectivity index (χ0n) is 11.7. The second-order valence-electron chi connectivity index (χ2n) is 5.53. The number of carbonyl (C=O) groups excluding carboxylic acids is 1. The van der Waals surface area contributed by atoms with Gasteiger partial charge in [0.05, 0.1) is 12.4 Å². The van der Waals surface area contributed by atoms with Crippen molar-refractivity contribution in [2.24, 2.45) is 5.92 Å². The lowest BCUT2D eigenvalue weighted by Gasteiger charge is -2.50. The molecule has 2 aliphatic heterocycles. The van der Waals surface area contributed by atoms with Crippen molar-refractivity contribution in [2.75, 3.05) is 32.1 Å². The number of nitrogens with zero attached hydrogens (tertiary/aromatic N) is 1. The summed E-state index contributed by atoms with van der Waals surface area (Å²) in [6.45, 7) is 5.69. The quantitative estimate of drug-likeness (QED) is 0.752. The molecule has 0 radical (unpaired) electrons. The van der Waals surface area contributed by atoms with Crippen LogP contribution in [0.4, 0.5) is 0 Å². The Kier molecular flexibility index (Phi) is 4.20. The van der Waals surface area contributed by atoms with Crippen molar-refractivity contribution in [3.05, 3.63) is 0 Å². The standard InChI is InChI=1S/C13H23NO4S/c1-3-5-12(15)14-9-13(10-14)11(8-18-4-2)6-7-19(13,16)17/h11H,3-10H2,1-2H3/t11-/m0/s1. The van der Waals surface area contributed by atoms with Crippen LogP contribution in [-0.2, 0) is 19.4 Å². The van der Waals surface area contributed by atoms with Gasteiger partial charge in [-0.05, 0) is 19.8 Å². The van der Waals surface area contributed by atoms with Gasteiger partial charge in [0.25, 0.3) is 0 Å². The molecule has 2 rings (SSSR count). The first-order valence-electron chi connectivity index (χ1n) is 7.04. The molecule has 0 N–H and O–H groups in total. The zero-order chi connectivity index (χ0) is 14.1. The lowest BCUT2D eigenvalue weighted by atomic mass is 9.83. The summed E-state index contributed by atoms with van der Waals surface area (Å²) < 4.78 is 29.2. The average molecular weight is 289 g/mol. The number of carbonyl (C=O) groups is 1. The second-order valence-corrected chi connectivity index (χ2v) is 7.98. The molecule has 0 aromatic rings. The topological polar surface area (TPSA) is 63.7 Å². The fraction of sp³-hybridized carbons (Fsp3) is 0.923. The van der Waals surface area contributed by atoms with Gasteiger partial charge in [0, 0.05) is 32.0 Å². The SMILES string of the molecule is CCCC(=O)N1CC2(C1)[C@H](COCC)CCS2(=O)=O. The summed E-state index contributed by atoms with van der Waals surface area (Å²) in [5.74, 6) is 0.356. The minimum Gasteiger partial charge on any atom is -0.381 e. The number of hydrogen-bond acceptors (Lipinski definition) is 4. The molecule has 6 heteroatoms. The predicted molar refractivity (Wildman–Crippen MR) is 72.6 cm³/mol. The Balaban J connectivity index is 2.06. The van der Waals surface area contributed by atoms with Crippen LogP contribution in [0.5, 0.6) is 0 Å². The van der Waals surface area contributed by atoms with Crippen LogP contribution in [0.3, 0.4) is 0 Å². The highest BCUT2D eigenvalue weighted by Crippen LogP contribution is 2.45. The first-order chi connectivity index (χ1) is 8.97. The van der Waals surface area contributed by atoms with Crippen molar-refractivity contribution >= 4 is 15.7 Å². The number of rotatable bonds is 5. The third-order valence-corrected chi connectivity index (χ3v) is 6.96. The summed E-state index contributed by atoms with van der Waals surface area (Å²) in [6.07, 6.45) is 1.97. The van der Waals surface area contributed by atoms with E-state index in [1.165, 1.54) is 0 Å². The first-order valence-corrected chi connectivity index (χ1v) is 8.70. The Morgan fingerprint density at radius 3 is 2.63 bits per heavy atom. The molecule has 5 nitrogen and oxygen atoms in total. The smallest absolute Gasteiger partial charge is 0.222 e. The van der Waals surface area contributed by atoms with Gasteiger partial charge in [0.2, 0.25) is 5.91 Å². The largest absolute Gasteiger partial charge is 0.381 e. The number of sulfone groups is 1. The third kappa shape index (κ3) is 2.40. The fourth-order valence-electron chi connectivity index (χ4n) is 3.12. The highest BCUT2D eigenvalue weighted by atomic mass is 32.2. The number of hydrogen-bond donors (Lipinski definition) is 0. The van der Waals surface area contributed by atoms with Crippen LogP contribution < -0.4 is 0 Å². The van der Waals surface area contributed by atoms with E-state index in [1.807, 2.05) is 13.8 Å². The molecular formula is C13H23NO4S. The zero-order valence-corrected chi connectivity index (χ0v) is 12.5. The molecule has 1 atom stereocenters. The fourth-order valence-corrected chi connectivity index (χ4v) is 5.52. The van der Waals surface area contributed by atoms with Gasteiger partial charge in [-0.15, -0.1) is 0 Å². The van der Waals surface area contributed by atoms with Crippen molar-refractivity contribution in [3.8, 4) is 0 Å². The molecule has 1 amide bonds. The van der Waals surface area contributed by atoms with Crippen LogP contribution in [0.1, 0.15) is 33.1 Å². The van der Waals surface area contributed by atoms with Gasteiger partial charge in [-0.25, -0.2) is 8.42 Å². The Morgan fingerprint density at radius 1 is 1.37 bits per heavy atom. The van der Waals surface area contributed by atoms with E-state index < -0.39 is 14.6 Å². The van der Waals surface area contributed by atoms with E-state index >= 15 is 0 Å². The normalized spacial score (nSPS) is 27.5. The van der Waals surface area contributed by atoms with Gasteiger partial charge in [-0.1, -0.05) is 6.92 Å². The lowest BCUT2D eigenvalue weighted by molar-refractivity contribution is -0.137. The predicted octanol–water partition coefficient (Wildman–Crippen LogP) is 0.839.